The number of halogens is 1. The van der Waals surface area contributed by atoms with E-state index in [2.05, 4.69) is 5.32 Å². The zero-order valence-electron chi connectivity index (χ0n) is 13.3. The molecule has 0 aliphatic heterocycles. The van der Waals surface area contributed by atoms with Crippen molar-refractivity contribution in [2.75, 3.05) is 0 Å². The van der Waals surface area contributed by atoms with Gasteiger partial charge in [0.2, 0.25) is 5.91 Å². The normalized spacial score (nSPS) is 11.4. The Bertz CT molecular complexity index is 765. The second-order valence-corrected chi connectivity index (χ2v) is 5.29. The van der Waals surface area contributed by atoms with Crippen LogP contribution in [0, 0.1) is 5.82 Å². The third-order valence-corrected chi connectivity index (χ3v) is 3.35. The third kappa shape index (κ3) is 5.72. The molecule has 2 aromatic rings. The van der Waals surface area contributed by atoms with E-state index in [4.69, 9.17) is 10.5 Å². The number of ether oxygens (including phenoxy) is 1. The Morgan fingerprint density at radius 3 is 2.44 bits per heavy atom. The number of benzene rings is 2. The Kier molecular flexibility index (Phi) is 6.22. The lowest BCUT2D eigenvalue weighted by Gasteiger charge is -2.15. The number of rotatable bonds is 7. The smallest absolute Gasteiger partial charge is 0.308 e. The van der Waals surface area contributed by atoms with Crippen molar-refractivity contribution < 1.29 is 23.5 Å². The molecule has 1 atom stereocenters. The van der Waals surface area contributed by atoms with Gasteiger partial charge in [0, 0.05) is 5.56 Å². The average molecular weight is 344 g/mol. The fraction of sp³-hybridized carbons (Fsp3) is 0.167. The SMILES string of the molecule is NC(=O)[C@@H](CC(=O)OCc1ccccc1)NC(=O)c1cccc(F)c1. The van der Waals surface area contributed by atoms with Gasteiger partial charge < -0.3 is 15.8 Å². The minimum Gasteiger partial charge on any atom is -0.461 e. The molecule has 0 heterocycles. The summed E-state index contributed by atoms with van der Waals surface area (Å²) in [5.41, 5.74) is 6.02. The zero-order valence-corrected chi connectivity index (χ0v) is 13.3. The van der Waals surface area contributed by atoms with Crippen LogP contribution in [-0.2, 0) is 20.9 Å². The molecule has 3 N–H and O–H groups in total. The van der Waals surface area contributed by atoms with Crippen molar-refractivity contribution in [2.45, 2.75) is 19.1 Å². The Hall–Kier alpha value is -3.22. The van der Waals surface area contributed by atoms with Gasteiger partial charge in [0.1, 0.15) is 18.5 Å². The molecule has 0 aliphatic carbocycles. The highest BCUT2D eigenvalue weighted by Crippen LogP contribution is 2.06. The fourth-order valence-corrected chi connectivity index (χ4v) is 2.06. The van der Waals surface area contributed by atoms with Gasteiger partial charge in [-0.25, -0.2) is 4.39 Å². The minimum absolute atomic E-state index is 0.0175. The van der Waals surface area contributed by atoms with E-state index >= 15 is 0 Å². The maximum atomic E-state index is 13.1. The summed E-state index contributed by atoms with van der Waals surface area (Å²) in [5, 5.41) is 2.31. The summed E-state index contributed by atoms with van der Waals surface area (Å²) in [6.07, 6.45) is -0.413. The van der Waals surface area contributed by atoms with Crippen LogP contribution in [0.15, 0.2) is 54.6 Å². The summed E-state index contributed by atoms with van der Waals surface area (Å²) in [4.78, 5) is 35.4. The van der Waals surface area contributed by atoms with Crippen molar-refractivity contribution >= 4 is 17.8 Å². The van der Waals surface area contributed by atoms with Crippen molar-refractivity contribution in [2.24, 2.45) is 5.73 Å². The Morgan fingerprint density at radius 1 is 1.08 bits per heavy atom. The molecule has 7 heteroatoms. The lowest BCUT2D eigenvalue weighted by Crippen LogP contribution is -2.45. The number of primary amides is 1. The average Bonchev–Trinajstić information content (AvgIpc) is 2.60. The molecule has 0 unspecified atom stereocenters. The molecule has 0 radical (unpaired) electrons. The number of carbonyl (C=O) groups is 3. The van der Waals surface area contributed by atoms with Gasteiger partial charge in [0.05, 0.1) is 6.42 Å². The predicted molar refractivity (Wildman–Crippen MR) is 87.7 cm³/mol. The van der Waals surface area contributed by atoms with Crippen LogP contribution in [0.3, 0.4) is 0 Å². The van der Waals surface area contributed by atoms with Crippen molar-refractivity contribution in [3.05, 3.63) is 71.5 Å². The number of carbonyl (C=O) groups excluding carboxylic acids is 3. The first-order valence-electron chi connectivity index (χ1n) is 7.51. The molecule has 0 aromatic heterocycles. The number of hydrogen-bond acceptors (Lipinski definition) is 4. The van der Waals surface area contributed by atoms with Crippen LogP contribution in [0.5, 0.6) is 0 Å². The number of amides is 2. The van der Waals surface area contributed by atoms with Crippen LogP contribution < -0.4 is 11.1 Å². The summed E-state index contributed by atoms with van der Waals surface area (Å²) >= 11 is 0. The highest BCUT2D eigenvalue weighted by molar-refractivity contribution is 5.98. The standard InChI is InChI=1S/C18H17FN2O4/c19-14-8-4-7-13(9-14)18(24)21-15(17(20)23)10-16(22)25-11-12-5-2-1-3-6-12/h1-9,15H,10-11H2,(H2,20,23)(H,21,24)/t15-/m1/s1. The maximum Gasteiger partial charge on any atom is 0.308 e. The summed E-state index contributed by atoms with van der Waals surface area (Å²) in [6.45, 7) is 0.0446. The molecule has 0 bridgehead atoms. The van der Waals surface area contributed by atoms with Gasteiger partial charge in [0.25, 0.3) is 5.91 Å². The van der Waals surface area contributed by atoms with Crippen LogP contribution >= 0.6 is 0 Å². The van der Waals surface area contributed by atoms with E-state index in [9.17, 15) is 18.8 Å². The first kappa shape index (κ1) is 18.1. The molecule has 2 aromatic carbocycles. The first-order chi connectivity index (χ1) is 12.0. The monoisotopic (exact) mass is 344 g/mol. The lowest BCUT2D eigenvalue weighted by molar-refractivity contribution is -0.146. The number of hydrogen-bond donors (Lipinski definition) is 2. The molecule has 0 saturated heterocycles. The van der Waals surface area contributed by atoms with Gasteiger partial charge in [-0.2, -0.15) is 0 Å². The van der Waals surface area contributed by atoms with Gasteiger partial charge in [-0.15, -0.1) is 0 Å². The second-order valence-electron chi connectivity index (χ2n) is 5.29. The Balaban J connectivity index is 1.92. The summed E-state index contributed by atoms with van der Waals surface area (Å²) in [7, 11) is 0. The van der Waals surface area contributed by atoms with E-state index in [1.165, 1.54) is 18.2 Å². The molecular formula is C18H17FN2O4. The largest absolute Gasteiger partial charge is 0.461 e. The molecule has 2 rings (SSSR count). The third-order valence-electron chi connectivity index (χ3n) is 3.35. The van der Waals surface area contributed by atoms with E-state index in [-0.39, 0.29) is 12.2 Å². The van der Waals surface area contributed by atoms with Gasteiger partial charge >= 0.3 is 5.97 Å². The second kappa shape index (κ2) is 8.58. The Labute approximate surface area is 143 Å². The quantitative estimate of drug-likeness (QED) is 0.744. The number of nitrogens with one attached hydrogen (secondary N) is 1. The predicted octanol–water partition coefficient (Wildman–Crippen LogP) is 1.54. The Morgan fingerprint density at radius 2 is 1.80 bits per heavy atom. The topological polar surface area (TPSA) is 98.5 Å². The van der Waals surface area contributed by atoms with E-state index in [0.29, 0.717) is 0 Å². The van der Waals surface area contributed by atoms with Crippen LogP contribution in [-0.4, -0.2) is 23.8 Å². The molecular weight excluding hydrogens is 327 g/mol. The van der Waals surface area contributed by atoms with Gasteiger partial charge in [-0.1, -0.05) is 36.4 Å². The molecule has 0 fully saturated rings. The molecule has 0 aliphatic rings. The van der Waals surface area contributed by atoms with E-state index in [1.54, 1.807) is 24.3 Å². The van der Waals surface area contributed by atoms with E-state index in [0.717, 1.165) is 11.6 Å². The minimum atomic E-state index is -1.25. The first-order valence-corrected chi connectivity index (χ1v) is 7.51. The van der Waals surface area contributed by atoms with Crippen LogP contribution in [0.1, 0.15) is 22.3 Å². The summed E-state index contributed by atoms with van der Waals surface area (Å²) < 4.78 is 18.2. The van der Waals surface area contributed by atoms with Gasteiger partial charge in [-0.3, -0.25) is 14.4 Å². The van der Waals surface area contributed by atoms with E-state index in [1.807, 2.05) is 6.07 Å². The van der Waals surface area contributed by atoms with E-state index < -0.39 is 36.1 Å². The molecule has 0 spiro atoms. The van der Waals surface area contributed by atoms with Gasteiger partial charge in [-0.05, 0) is 23.8 Å². The molecule has 25 heavy (non-hydrogen) atoms. The van der Waals surface area contributed by atoms with Crippen LogP contribution in [0.2, 0.25) is 0 Å². The number of nitrogens with two attached hydrogens (primary N) is 1. The number of esters is 1. The van der Waals surface area contributed by atoms with Crippen molar-refractivity contribution in [3.63, 3.8) is 0 Å². The van der Waals surface area contributed by atoms with Crippen molar-refractivity contribution in [3.8, 4) is 0 Å². The highest BCUT2D eigenvalue weighted by atomic mass is 19.1. The van der Waals surface area contributed by atoms with Crippen LogP contribution in [0.4, 0.5) is 4.39 Å². The van der Waals surface area contributed by atoms with Crippen LogP contribution in [0.25, 0.3) is 0 Å². The summed E-state index contributed by atoms with van der Waals surface area (Å²) in [5.74, 6) is -2.88. The molecule has 130 valence electrons. The highest BCUT2D eigenvalue weighted by Gasteiger charge is 2.23. The van der Waals surface area contributed by atoms with Crippen molar-refractivity contribution in [1.82, 2.24) is 5.32 Å². The maximum absolute atomic E-state index is 13.1. The molecule has 2 amide bonds. The van der Waals surface area contributed by atoms with Gasteiger partial charge in [0.15, 0.2) is 0 Å². The van der Waals surface area contributed by atoms with Crippen molar-refractivity contribution in [1.29, 1.82) is 0 Å². The fourth-order valence-electron chi connectivity index (χ4n) is 2.06. The lowest BCUT2D eigenvalue weighted by atomic mass is 10.1. The summed E-state index contributed by atoms with van der Waals surface area (Å²) in [6, 6.07) is 12.7. The molecule has 0 saturated carbocycles. The zero-order chi connectivity index (χ0) is 18.2. The molecule has 6 nitrogen and oxygen atoms in total.